The summed E-state index contributed by atoms with van der Waals surface area (Å²) in [5, 5.41) is 23.9. The number of hydrogen-bond acceptors (Lipinski definition) is 5. The minimum absolute atomic E-state index is 0.0561. The van der Waals surface area contributed by atoms with E-state index in [-0.39, 0.29) is 24.9 Å². The van der Waals surface area contributed by atoms with Crippen LogP contribution in [0.5, 0.6) is 0 Å². The number of allylic oxidation sites excluding steroid dienone is 6. The van der Waals surface area contributed by atoms with E-state index in [2.05, 4.69) is 62.5 Å². The fourth-order valence-electron chi connectivity index (χ4n) is 8.85. The molecule has 0 aromatic heterocycles. The number of nitrogens with one attached hydrogen (secondary N) is 1. The molecule has 0 aromatic rings. The minimum atomic E-state index is -0.796. The number of ether oxygens (including phenoxy) is 1. The van der Waals surface area contributed by atoms with Crippen molar-refractivity contribution in [1.82, 2.24) is 5.32 Å². The van der Waals surface area contributed by atoms with Gasteiger partial charge in [0.2, 0.25) is 5.91 Å². The molecule has 6 nitrogen and oxygen atoms in total. The standard InChI is InChI=1S/C59H111NO5/c1-4-7-10-13-16-19-22-25-28-29-31-34-37-40-43-46-49-52-59(64)65-55(50-47-44-41-38-35-32-30-26-23-20-17-14-11-8-5-2)53-58(63)60-56(54-61)57(62)51-48-45-42-39-36-33-27-24-21-18-15-12-9-6-3/h17,20,26,30,35,38,55-57,61-62H,4-16,18-19,21-25,27-29,31-34,36-37,39-54H2,1-3H3,(H,60,63)/b20-17-,30-26-,38-35-. The van der Waals surface area contributed by atoms with Crippen molar-refractivity contribution < 1.29 is 24.5 Å². The molecule has 0 saturated heterocycles. The Morgan fingerprint density at radius 2 is 0.785 bits per heavy atom. The van der Waals surface area contributed by atoms with Gasteiger partial charge in [-0.25, -0.2) is 0 Å². The molecule has 0 heterocycles. The van der Waals surface area contributed by atoms with Crippen LogP contribution in [0, 0.1) is 0 Å². The first-order chi connectivity index (χ1) is 32.0. The third-order valence-electron chi connectivity index (χ3n) is 13.2. The first-order valence-electron chi connectivity index (χ1n) is 28.7. The summed E-state index contributed by atoms with van der Waals surface area (Å²) in [6.07, 6.45) is 63.5. The molecular formula is C59H111NO5. The Hall–Kier alpha value is -1.92. The van der Waals surface area contributed by atoms with Gasteiger partial charge in [-0.05, 0) is 64.2 Å². The highest BCUT2D eigenvalue weighted by Gasteiger charge is 2.24. The maximum atomic E-state index is 13.3. The summed E-state index contributed by atoms with van der Waals surface area (Å²) in [5.74, 6) is -0.495. The van der Waals surface area contributed by atoms with Gasteiger partial charge in [-0.15, -0.1) is 0 Å². The first kappa shape index (κ1) is 63.1. The van der Waals surface area contributed by atoms with Crippen LogP contribution in [0.2, 0.25) is 0 Å². The fraction of sp³-hybridized carbons (Fsp3) is 0.864. The molecule has 0 fully saturated rings. The van der Waals surface area contributed by atoms with Gasteiger partial charge in [-0.3, -0.25) is 9.59 Å². The normalized spacial score (nSPS) is 13.4. The molecule has 1 amide bonds. The van der Waals surface area contributed by atoms with E-state index in [1.807, 2.05) is 0 Å². The Bertz CT molecular complexity index is 1070. The van der Waals surface area contributed by atoms with E-state index >= 15 is 0 Å². The molecule has 0 aliphatic carbocycles. The number of amides is 1. The maximum absolute atomic E-state index is 13.3. The third-order valence-corrected chi connectivity index (χ3v) is 13.2. The van der Waals surface area contributed by atoms with Crippen molar-refractivity contribution in [1.29, 1.82) is 0 Å². The van der Waals surface area contributed by atoms with E-state index in [1.54, 1.807) is 0 Å². The highest BCUT2D eigenvalue weighted by molar-refractivity contribution is 5.77. The Morgan fingerprint density at radius 1 is 0.446 bits per heavy atom. The zero-order valence-corrected chi connectivity index (χ0v) is 43.6. The second-order valence-electron chi connectivity index (χ2n) is 19.7. The fourth-order valence-corrected chi connectivity index (χ4v) is 8.85. The average Bonchev–Trinajstić information content (AvgIpc) is 3.30. The van der Waals surface area contributed by atoms with Gasteiger partial charge in [0.05, 0.1) is 25.2 Å². The van der Waals surface area contributed by atoms with Gasteiger partial charge in [0.1, 0.15) is 6.10 Å². The molecule has 65 heavy (non-hydrogen) atoms. The Balaban J connectivity index is 4.58. The van der Waals surface area contributed by atoms with E-state index in [9.17, 15) is 19.8 Å². The van der Waals surface area contributed by atoms with Crippen LogP contribution in [0.15, 0.2) is 36.5 Å². The minimum Gasteiger partial charge on any atom is -0.462 e. The smallest absolute Gasteiger partial charge is 0.306 e. The van der Waals surface area contributed by atoms with Gasteiger partial charge in [0, 0.05) is 6.42 Å². The van der Waals surface area contributed by atoms with Crippen LogP contribution in [-0.4, -0.2) is 46.9 Å². The molecule has 0 rings (SSSR count). The summed E-state index contributed by atoms with van der Waals surface area (Å²) in [7, 11) is 0. The molecule has 0 bridgehead atoms. The molecule has 6 heteroatoms. The van der Waals surface area contributed by atoms with Crippen LogP contribution in [0.1, 0.15) is 303 Å². The van der Waals surface area contributed by atoms with E-state index in [0.717, 1.165) is 70.6 Å². The zero-order valence-electron chi connectivity index (χ0n) is 43.6. The number of esters is 1. The van der Waals surface area contributed by atoms with Crippen LogP contribution >= 0.6 is 0 Å². The summed E-state index contributed by atoms with van der Waals surface area (Å²) < 4.78 is 5.94. The lowest BCUT2D eigenvalue weighted by Gasteiger charge is -2.24. The molecule has 0 aliphatic rings. The SMILES string of the molecule is CCCCC/C=C\C/C=C\C/C=C\CCCCC(CC(=O)NC(CO)C(O)CCCCCCCCCCCCCCCC)OC(=O)CCCCCCCCCCCCCCCCCCC. The maximum Gasteiger partial charge on any atom is 0.306 e. The van der Waals surface area contributed by atoms with Gasteiger partial charge >= 0.3 is 5.97 Å². The second kappa shape index (κ2) is 53.0. The lowest BCUT2D eigenvalue weighted by atomic mass is 10.0. The van der Waals surface area contributed by atoms with Crippen molar-refractivity contribution in [3.8, 4) is 0 Å². The molecule has 0 aromatic carbocycles. The second-order valence-corrected chi connectivity index (χ2v) is 19.7. The van der Waals surface area contributed by atoms with Gasteiger partial charge < -0.3 is 20.3 Å². The van der Waals surface area contributed by atoms with Gasteiger partial charge in [-0.2, -0.15) is 0 Å². The van der Waals surface area contributed by atoms with Crippen molar-refractivity contribution in [2.45, 2.75) is 322 Å². The summed E-state index contributed by atoms with van der Waals surface area (Å²) in [6, 6.07) is -0.711. The van der Waals surface area contributed by atoms with Crippen LogP contribution in [0.4, 0.5) is 0 Å². The largest absolute Gasteiger partial charge is 0.462 e. The van der Waals surface area contributed by atoms with E-state index in [4.69, 9.17) is 4.74 Å². The number of carbonyl (C=O) groups excluding carboxylic acids is 2. The molecule has 3 unspecified atom stereocenters. The predicted molar refractivity (Wildman–Crippen MR) is 282 cm³/mol. The van der Waals surface area contributed by atoms with Crippen LogP contribution < -0.4 is 5.32 Å². The van der Waals surface area contributed by atoms with E-state index < -0.39 is 18.2 Å². The Morgan fingerprint density at radius 3 is 1.20 bits per heavy atom. The average molecular weight is 915 g/mol. The van der Waals surface area contributed by atoms with Gasteiger partial charge in [0.15, 0.2) is 0 Å². The highest BCUT2D eigenvalue weighted by atomic mass is 16.5. The summed E-state index contributed by atoms with van der Waals surface area (Å²) in [4.78, 5) is 26.2. The molecular weight excluding hydrogens is 803 g/mol. The molecule has 382 valence electrons. The van der Waals surface area contributed by atoms with Crippen molar-refractivity contribution in [2.75, 3.05) is 6.61 Å². The zero-order chi connectivity index (χ0) is 47.4. The van der Waals surface area contributed by atoms with Gasteiger partial charge in [0.25, 0.3) is 0 Å². The van der Waals surface area contributed by atoms with Crippen LogP contribution in [0.25, 0.3) is 0 Å². The number of aliphatic hydroxyl groups is 2. The van der Waals surface area contributed by atoms with Crippen molar-refractivity contribution in [3.05, 3.63) is 36.5 Å². The molecule has 0 radical (unpaired) electrons. The monoisotopic (exact) mass is 914 g/mol. The lowest BCUT2D eigenvalue weighted by Crippen LogP contribution is -2.46. The quantitative estimate of drug-likeness (QED) is 0.0321. The summed E-state index contributed by atoms with van der Waals surface area (Å²) >= 11 is 0. The van der Waals surface area contributed by atoms with Crippen LogP contribution in [0.3, 0.4) is 0 Å². The molecule has 0 saturated carbocycles. The Kier molecular flexibility index (Phi) is 51.5. The topological polar surface area (TPSA) is 95.9 Å². The van der Waals surface area contributed by atoms with Crippen molar-refractivity contribution in [2.24, 2.45) is 0 Å². The summed E-state index contributed by atoms with van der Waals surface area (Å²) in [6.45, 7) is 6.48. The number of rotatable bonds is 52. The highest BCUT2D eigenvalue weighted by Crippen LogP contribution is 2.18. The van der Waals surface area contributed by atoms with Crippen molar-refractivity contribution in [3.63, 3.8) is 0 Å². The number of unbranched alkanes of at least 4 members (excludes halogenated alkanes) is 34. The number of hydrogen-bond donors (Lipinski definition) is 3. The summed E-state index contributed by atoms with van der Waals surface area (Å²) in [5.41, 5.74) is 0. The number of aliphatic hydroxyl groups excluding tert-OH is 2. The molecule has 0 spiro atoms. The first-order valence-corrected chi connectivity index (χ1v) is 28.7. The molecule has 3 N–H and O–H groups in total. The molecule has 0 aliphatic heterocycles. The van der Waals surface area contributed by atoms with E-state index in [1.165, 1.54) is 186 Å². The Labute approximate surface area is 404 Å². The predicted octanol–water partition coefficient (Wildman–Crippen LogP) is 17.6. The van der Waals surface area contributed by atoms with Crippen molar-refractivity contribution >= 4 is 11.9 Å². The van der Waals surface area contributed by atoms with Crippen LogP contribution in [-0.2, 0) is 14.3 Å². The lowest BCUT2D eigenvalue weighted by molar-refractivity contribution is -0.151. The van der Waals surface area contributed by atoms with Gasteiger partial charge in [-0.1, -0.05) is 263 Å². The van der Waals surface area contributed by atoms with E-state index in [0.29, 0.717) is 19.3 Å². The third kappa shape index (κ3) is 48.3. The number of carbonyl (C=O) groups is 2. The molecule has 3 atom stereocenters.